The third kappa shape index (κ3) is 5.79. The topological polar surface area (TPSA) is 29.1 Å². The molecule has 0 atom stereocenters. The second-order valence-electron chi connectivity index (χ2n) is 4.41. The Balaban J connectivity index is 2.37. The number of unbranched alkanes of at least 4 members (excludes halogenated alkanes) is 3. The summed E-state index contributed by atoms with van der Waals surface area (Å²) >= 11 is 4.79. The lowest BCUT2D eigenvalue weighted by Gasteiger charge is -2.07. The molecule has 0 radical (unpaired) electrons. The second-order valence-corrected chi connectivity index (χ2v) is 6.31. The molecule has 1 amide bonds. The van der Waals surface area contributed by atoms with Crippen LogP contribution in [0.25, 0.3) is 0 Å². The van der Waals surface area contributed by atoms with Gasteiger partial charge in [0.05, 0.1) is 0 Å². The highest BCUT2D eigenvalue weighted by Crippen LogP contribution is 2.19. The molecule has 0 aliphatic heterocycles. The SMILES string of the molecule is CSCCCCCCNC(=O)c1c(F)cc(Br)cc1F. The van der Waals surface area contributed by atoms with Gasteiger partial charge in [-0.1, -0.05) is 28.8 Å². The zero-order valence-corrected chi connectivity index (χ0v) is 13.8. The van der Waals surface area contributed by atoms with Gasteiger partial charge in [-0.2, -0.15) is 11.8 Å². The molecule has 2 nitrogen and oxygen atoms in total. The Morgan fingerprint density at radius 1 is 1.20 bits per heavy atom. The van der Waals surface area contributed by atoms with E-state index in [0.717, 1.165) is 43.6 Å². The molecule has 0 saturated heterocycles. The standard InChI is InChI=1S/C14H18BrF2NOS/c1-20-7-5-3-2-4-6-18-14(19)13-11(16)8-10(15)9-12(13)17/h8-9H,2-7H2,1H3,(H,18,19). The normalized spacial score (nSPS) is 10.6. The Kier molecular flexibility index (Phi) is 8.14. The quantitative estimate of drug-likeness (QED) is 0.692. The van der Waals surface area contributed by atoms with Crippen LogP contribution in [0.15, 0.2) is 16.6 Å². The molecule has 0 bridgehead atoms. The fraction of sp³-hybridized carbons (Fsp3) is 0.500. The first-order chi connectivity index (χ1) is 9.56. The number of benzene rings is 1. The van der Waals surface area contributed by atoms with Gasteiger partial charge in [0, 0.05) is 11.0 Å². The lowest BCUT2D eigenvalue weighted by atomic mass is 10.1. The van der Waals surface area contributed by atoms with E-state index in [4.69, 9.17) is 0 Å². The van der Waals surface area contributed by atoms with Gasteiger partial charge in [-0.15, -0.1) is 0 Å². The number of carbonyl (C=O) groups is 1. The number of nitrogens with one attached hydrogen (secondary N) is 1. The van der Waals surface area contributed by atoms with Crippen molar-refractivity contribution in [3.63, 3.8) is 0 Å². The molecule has 1 rings (SSSR count). The van der Waals surface area contributed by atoms with E-state index in [1.165, 1.54) is 0 Å². The van der Waals surface area contributed by atoms with Crippen molar-refractivity contribution in [2.45, 2.75) is 25.7 Å². The van der Waals surface area contributed by atoms with Crippen LogP contribution in [-0.2, 0) is 0 Å². The highest BCUT2D eigenvalue weighted by molar-refractivity contribution is 9.10. The molecular weight excluding hydrogens is 348 g/mol. The van der Waals surface area contributed by atoms with E-state index in [1.807, 2.05) is 11.8 Å². The van der Waals surface area contributed by atoms with Crippen LogP contribution < -0.4 is 5.32 Å². The van der Waals surface area contributed by atoms with Gasteiger partial charge in [0.15, 0.2) is 0 Å². The first-order valence-corrected chi connectivity index (χ1v) is 8.66. The van der Waals surface area contributed by atoms with E-state index in [9.17, 15) is 13.6 Å². The lowest BCUT2D eigenvalue weighted by Crippen LogP contribution is -2.26. The van der Waals surface area contributed by atoms with Crippen molar-refractivity contribution < 1.29 is 13.6 Å². The molecule has 0 aliphatic carbocycles. The summed E-state index contributed by atoms with van der Waals surface area (Å²) in [4.78, 5) is 11.7. The third-order valence-corrected chi connectivity index (χ3v) is 3.95. The van der Waals surface area contributed by atoms with Gasteiger partial charge in [-0.05, 0) is 37.0 Å². The van der Waals surface area contributed by atoms with Crippen LogP contribution in [0.1, 0.15) is 36.0 Å². The van der Waals surface area contributed by atoms with Gasteiger partial charge in [0.1, 0.15) is 17.2 Å². The Morgan fingerprint density at radius 3 is 2.40 bits per heavy atom. The smallest absolute Gasteiger partial charge is 0.257 e. The van der Waals surface area contributed by atoms with E-state index < -0.39 is 23.1 Å². The third-order valence-electron chi connectivity index (χ3n) is 2.79. The van der Waals surface area contributed by atoms with Crippen LogP contribution in [0.5, 0.6) is 0 Å². The van der Waals surface area contributed by atoms with Crippen molar-refractivity contribution in [2.75, 3.05) is 18.6 Å². The van der Waals surface area contributed by atoms with Gasteiger partial charge in [0.25, 0.3) is 5.91 Å². The molecule has 112 valence electrons. The number of halogens is 3. The molecule has 1 aromatic carbocycles. The van der Waals surface area contributed by atoms with Crippen molar-refractivity contribution >= 4 is 33.6 Å². The molecule has 0 aliphatic rings. The minimum atomic E-state index is -0.852. The number of hydrogen-bond donors (Lipinski definition) is 1. The van der Waals surface area contributed by atoms with Crippen LogP contribution in [0.3, 0.4) is 0 Å². The minimum Gasteiger partial charge on any atom is -0.352 e. The highest BCUT2D eigenvalue weighted by Gasteiger charge is 2.17. The molecular formula is C14H18BrF2NOS. The molecule has 20 heavy (non-hydrogen) atoms. The molecule has 0 unspecified atom stereocenters. The molecule has 0 heterocycles. The fourth-order valence-electron chi connectivity index (χ4n) is 1.77. The van der Waals surface area contributed by atoms with E-state index in [0.29, 0.717) is 6.54 Å². The van der Waals surface area contributed by atoms with Gasteiger partial charge < -0.3 is 5.32 Å². The van der Waals surface area contributed by atoms with Crippen molar-refractivity contribution in [1.29, 1.82) is 0 Å². The number of rotatable bonds is 8. The molecule has 6 heteroatoms. The minimum absolute atomic E-state index is 0.276. The molecule has 0 spiro atoms. The van der Waals surface area contributed by atoms with Crippen LogP contribution in [-0.4, -0.2) is 24.5 Å². The summed E-state index contributed by atoms with van der Waals surface area (Å²) < 4.78 is 27.4. The summed E-state index contributed by atoms with van der Waals surface area (Å²) in [5.41, 5.74) is -0.518. The summed E-state index contributed by atoms with van der Waals surface area (Å²) in [6, 6.07) is 2.17. The van der Waals surface area contributed by atoms with Gasteiger partial charge in [-0.25, -0.2) is 8.78 Å². The molecule has 0 fully saturated rings. The number of carbonyl (C=O) groups excluding carboxylic acids is 1. The van der Waals surface area contributed by atoms with Crippen molar-refractivity contribution in [3.05, 3.63) is 33.8 Å². The summed E-state index contributed by atoms with van der Waals surface area (Å²) in [7, 11) is 0. The Morgan fingerprint density at radius 2 is 1.80 bits per heavy atom. The maximum Gasteiger partial charge on any atom is 0.257 e. The molecule has 1 aromatic rings. The highest BCUT2D eigenvalue weighted by atomic mass is 79.9. The monoisotopic (exact) mass is 365 g/mol. The second kappa shape index (κ2) is 9.34. The first kappa shape index (κ1) is 17.4. The van der Waals surface area contributed by atoms with Crippen molar-refractivity contribution in [3.8, 4) is 0 Å². The van der Waals surface area contributed by atoms with Crippen molar-refractivity contribution in [1.82, 2.24) is 5.32 Å². The van der Waals surface area contributed by atoms with E-state index in [-0.39, 0.29) is 4.47 Å². The predicted molar refractivity (Wildman–Crippen MR) is 83.2 cm³/mol. The maximum atomic E-state index is 13.5. The van der Waals surface area contributed by atoms with Crippen LogP contribution in [0, 0.1) is 11.6 Å². The van der Waals surface area contributed by atoms with E-state index in [2.05, 4.69) is 27.5 Å². The average molecular weight is 366 g/mol. The first-order valence-electron chi connectivity index (χ1n) is 6.48. The summed E-state index contributed by atoms with van der Waals surface area (Å²) in [5.74, 6) is -1.26. The average Bonchev–Trinajstić information content (AvgIpc) is 2.36. The maximum absolute atomic E-state index is 13.5. The van der Waals surface area contributed by atoms with Gasteiger partial charge in [0.2, 0.25) is 0 Å². The zero-order valence-electron chi connectivity index (χ0n) is 11.3. The van der Waals surface area contributed by atoms with Gasteiger partial charge in [-0.3, -0.25) is 4.79 Å². The van der Waals surface area contributed by atoms with Gasteiger partial charge >= 0.3 is 0 Å². The Bertz CT molecular complexity index is 434. The lowest BCUT2D eigenvalue weighted by molar-refractivity contribution is 0.0944. The predicted octanol–water partition coefficient (Wildman–Crippen LogP) is 4.38. The molecule has 1 N–H and O–H groups in total. The molecule has 0 saturated carbocycles. The summed E-state index contributed by atoms with van der Waals surface area (Å²) in [6.07, 6.45) is 6.16. The van der Waals surface area contributed by atoms with Crippen LogP contribution >= 0.6 is 27.7 Å². The zero-order chi connectivity index (χ0) is 15.0. The Hall–Kier alpha value is -0.620. The number of amides is 1. The fourth-order valence-corrected chi connectivity index (χ4v) is 2.67. The van der Waals surface area contributed by atoms with E-state index >= 15 is 0 Å². The number of thioether (sulfide) groups is 1. The van der Waals surface area contributed by atoms with Crippen LogP contribution in [0.4, 0.5) is 8.78 Å². The van der Waals surface area contributed by atoms with Crippen LogP contribution in [0.2, 0.25) is 0 Å². The number of hydrogen-bond acceptors (Lipinski definition) is 2. The summed E-state index contributed by atoms with van der Waals surface area (Å²) in [5, 5.41) is 2.55. The van der Waals surface area contributed by atoms with E-state index in [1.54, 1.807) is 0 Å². The largest absolute Gasteiger partial charge is 0.352 e. The molecule has 0 aromatic heterocycles. The Labute approximate surface area is 130 Å². The summed E-state index contributed by atoms with van der Waals surface area (Å²) in [6.45, 7) is 0.438. The van der Waals surface area contributed by atoms with Crippen molar-refractivity contribution in [2.24, 2.45) is 0 Å².